The monoisotopic (exact) mass is 1290 g/mol. The van der Waals surface area contributed by atoms with Crippen molar-refractivity contribution < 1.29 is 70.8 Å². The second kappa shape index (κ2) is 29.3. The van der Waals surface area contributed by atoms with Gasteiger partial charge in [-0.15, -0.1) is 22.7 Å². The summed E-state index contributed by atoms with van der Waals surface area (Å²) < 4.78 is 17.7. The zero-order chi connectivity index (χ0) is 56.2. The van der Waals surface area contributed by atoms with Gasteiger partial charge >= 0.3 is 53.3 Å². The molecule has 0 aromatic carbocycles. The zero-order valence-corrected chi connectivity index (χ0v) is 51.8. The van der Waals surface area contributed by atoms with Gasteiger partial charge in [0.15, 0.2) is 0 Å². The molecular weight excluding hydrogens is 1210 g/mol. The standard InChI is InChI=1S/C27H42N2O6S.C27H42N2O5S.BI2/c1-14-9-8-10-27(7)25(35-27)21(28)23(15(2)11-18-13-36-17(4)29-18)34-20(31)12-19(30)26(5,6)24(33)16(3)22(14)32;1-15-9-8-10-16(2)24(32)18(4)26(33)27(6,7)22(30)13-23(31)34-25(21(28)11-15)17(3)12-20-14-35-19(5)29-20;1-3-2/h11,13-14,16,19,21-23,25,30,32H,8-10,12,28H2,1-7H3;11-12,14,16,18,21-22,24-25,30,32H,8-10,13,28H2,1-7H3;/q;;-1/b15-11+;15-11-,17-12+;/t14?,16?,19?,21?,22?,23?,25-,27+;;/m0../s1. The number of nitrogens with two attached hydrogens (primary N) is 2. The number of Topliss-reactive ketones (excluding diaryl/α,β-unsaturated/α-hetero) is 2. The number of ketones is 2. The van der Waals surface area contributed by atoms with Gasteiger partial charge in [-0.05, 0) is 109 Å². The van der Waals surface area contributed by atoms with Crippen LogP contribution in [-0.4, -0.2) is 120 Å². The van der Waals surface area contributed by atoms with Crippen molar-refractivity contribution in [2.75, 3.05) is 0 Å². The van der Waals surface area contributed by atoms with Gasteiger partial charge < -0.3 is 46.1 Å². The second-order valence-corrected chi connectivity index (χ2v) is 27.9. The van der Waals surface area contributed by atoms with Crippen LogP contribution in [0.2, 0.25) is 0 Å². The summed E-state index contributed by atoms with van der Waals surface area (Å²) in [6, 6.07) is -1.20. The predicted octanol–water partition coefficient (Wildman–Crippen LogP) is 5.13. The third-order valence-corrected chi connectivity index (χ3v) is 16.7. The van der Waals surface area contributed by atoms with Crippen LogP contribution in [0.25, 0.3) is 12.2 Å². The van der Waals surface area contributed by atoms with Gasteiger partial charge in [0.2, 0.25) is 0 Å². The number of nitrogens with zero attached hydrogens (tertiary/aromatic N) is 2. The van der Waals surface area contributed by atoms with Crippen LogP contribution in [0.1, 0.15) is 156 Å². The first-order chi connectivity index (χ1) is 34.3. The Morgan fingerprint density at radius 3 is 1.57 bits per heavy atom. The van der Waals surface area contributed by atoms with E-state index in [1.165, 1.54) is 22.7 Å². The van der Waals surface area contributed by atoms with Crippen LogP contribution in [0.5, 0.6) is 0 Å². The van der Waals surface area contributed by atoms with Crippen LogP contribution in [-0.2, 0) is 33.4 Å². The summed E-state index contributed by atoms with van der Waals surface area (Å²) in [6.45, 7) is 25.2. The van der Waals surface area contributed by atoms with Gasteiger partial charge in [0.1, 0.15) is 29.9 Å². The van der Waals surface area contributed by atoms with Gasteiger partial charge in [0.25, 0.3) is 0 Å². The van der Waals surface area contributed by atoms with Crippen LogP contribution in [0.15, 0.2) is 33.6 Å². The summed E-state index contributed by atoms with van der Waals surface area (Å²) in [4.78, 5) is 61.3. The number of fused-ring (bicyclic) bond motifs is 1. The Labute approximate surface area is 469 Å². The molecule has 2 aromatic heterocycles. The molecule has 0 spiro atoms. The summed E-state index contributed by atoms with van der Waals surface area (Å²) in [7, 11) is 0. The molecule has 0 amide bonds. The average Bonchev–Trinajstić information content (AvgIpc) is 3.55. The Hall–Kier alpha value is -2.00. The number of halogens is 2. The second-order valence-electron chi connectivity index (χ2n) is 22.2. The molecule has 2 saturated heterocycles. The van der Waals surface area contributed by atoms with E-state index in [9.17, 15) is 39.6 Å². The number of aromatic nitrogens is 2. The Bertz CT molecular complexity index is 2290. The van der Waals surface area contributed by atoms with E-state index in [-0.39, 0.29) is 59.4 Å². The molecule has 14 atom stereocenters. The number of carbonyl (C=O) groups is 4. The SMILES string of the molecule is C/C(=C\c1csc(C)n1)C1OC(=O)CC(O)C(C)(C)C(=O)C(C)C(O)C(C)CCC[C@@]2(C)O[C@H]2C1N.C/C1=C/C(N)C(/C(C)=C/c2csc(C)n2)OC(=O)CC(O)C(C)(C)C(=O)C(C)C(O)C(C)CCC1.[B][I-]I. The van der Waals surface area contributed by atoms with E-state index < -0.39 is 88.9 Å². The predicted molar refractivity (Wildman–Crippen MR) is 299 cm³/mol. The number of thiazole rings is 2. The van der Waals surface area contributed by atoms with Gasteiger partial charge in [0.05, 0.1) is 87.2 Å². The molecule has 2 fully saturated rings. The van der Waals surface area contributed by atoms with E-state index in [0.717, 1.165) is 76.6 Å². The number of carbonyl (C=O) groups excluding carboxylic acids is 4. The van der Waals surface area contributed by atoms with Gasteiger partial charge in [-0.1, -0.05) is 73.5 Å². The number of aliphatic hydroxyl groups is 4. The molecule has 74 heavy (non-hydrogen) atoms. The van der Waals surface area contributed by atoms with E-state index in [0.29, 0.717) is 0 Å². The van der Waals surface area contributed by atoms with Crippen molar-refractivity contribution in [2.45, 2.75) is 209 Å². The van der Waals surface area contributed by atoms with Gasteiger partial charge in [0, 0.05) is 22.6 Å². The molecule has 12 unspecified atom stereocenters. The molecule has 0 aliphatic carbocycles. The molecule has 5 rings (SSSR count). The van der Waals surface area contributed by atoms with Crippen LogP contribution >= 0.6 is 41.3 Å². The minimum absolute atomic E-state index is 0.0600. The Balaban J connectivity index is 0.000000371. The topological polar surface area (TPSA) is 258 Å². The summed E-state index contributed by atoms with van der Waals surface area (Å²) in [5.74, 6) is -3.38. The normalized spacial score (nSPS) is 35.1. The minimum atomic E-state index is -1.28. The van der Waals surface area contributed by atoms with E-state index in [1.54, 1.807) is 41.5 Å². The first-order valence-electron chi connectivity index (χ1n) is 25.5. The Morgan fingerprint density at radius 1 is 0.743 bits per heavy atom. The van der Waals surface area contributed by atoms with Crippen molar-refractivity contribution in [1.82, 2.24) is 9.97 Å². The molecule has 20 heteroatoms. The molecule has 2 aromatic rings. The molecule has 8 N–H and O–H groups in total. The van der Waals surface area contributed by atoms with Crippen molar-refractivity contribution in [1.29, 1.82) is 0 Å². The van der Waals surface area contributed by atoms with Crippen molar-refractivity contribution in [3.63, 3.8) is 0 Å². The maximum atomic E-state index is 13.2. The number of aliphatic hydroxyl groups excluding tert-OH is 4. The summed E-state index contributed by atoms with van der Waals surface area (Å²) >= 11 is 5.30. The fourth-order valence-corrected chi connectivity index (χ4v) is 11.0. The maximum absolute atomic E-state index is 13.2. The number of ether oxygens (including phenoxy) is 3. The van der Waals surface area contributed by atoms with Crippen LogP contribution in [0.3, 0.4) is 0 Å². The number of epoxide rings is 1. The van der Waals surface area contributed by atoms with Crippen LogP contribution < -0.4 is 28.5 Å². The third-order valence-electron chi connectivity index (χ3n) is 15.1. The van der Waals surface area contributed by atoms with Crippen LogP contribution in [0.4, 0.5) is 0 Å². The van der Waals surface area contributed by atoms with Crippen molar-refractivity contribution >= 4 is 82.6 Å². The fraction of sp³-hybridized carbons (Fsp3) is 0.704. The van der Waals surface area contributed by atoms with Gasteiger partial charge in [-0.3, -0.25) is 19.2 Å². The molecule has 416 valence electrons. The van der Waals surface area contributed by atoms with Crippen molar-refractivity contribution in [3.05, 3.63) is 55.0 Å². The number of cyclic esters (lactones) is 2. The number of allylic oxidation sites excluding steroid dienone is 1. The molecule has 3 aliphatic heterocycles. The molecule has 3 aliphatic rings. The zero-order valence-electron chi connectivity index (χ0n) is 45.9. The average molecular weight is 1290 g/mol. The molecule has 0 bridgehead atoms. The van der Waals surface area contributed by atoms with Crippen molar-refractivity contribution in [2.24, 2.45) is 46.0 Å². The number of rotatable bonds is 4. The first kappa shape index (κ1) is 66.3. The van der Waals surface area contributed by atoms with E-state index in [4.69, 9.17) is 31.4 Å². The molecule has 2 radical (unpaired) electrons. The quantitative estimate of drug-likeness (QED) is 0.0763. The molecule has 0 saturated carbocycles. The molecule has 5 heterocycles. The first-order valence-corrected chi connectivity index (χ1v) is 34.8. The molecule has 15 nitrogen and oxygen atoms in total. The summed E-state index contributed by atoms with van der Waals surface area (Å²) in [5.41, 5.74) is 19.2. The van der Waals surface area contributed by atoms with E-state index in [1.807, 2.05) is 84.4 Å². The van der Waals surface area contributed by atoms with Crippen LogP contribution in [0, 0.1) is 48.3 Å². The summed E-state index contributed by atoms with van der Waals surface area (Å²) in [6.07, 6.45) is 3.51. The van der Waals surface area contributed by atoms with Gasteiger partial charge in [-0.2, -0.15) is 0 Å². The molecular formula is C54H84BI2N4O11S2-. The number of esters is 2. The van der Waals surface area contributed by atoms with E-state index in [2.05, 4.69) is 28.6 Å². The van der Waals surface area contributed by atoms with Gasteiger partial charge in [-0.25, -0.2) is 9.97 Å². The van der Waals surface area contributed by atoms with Crippen molar-refractivity contribution in [3.8, 4) is 0 Å². The Morgan fingerprint density at radius 2 is 1.15 bits per heavy atom. The third kappa shape index (κ3) is 18.6. The number of hydrogen-bond donors (Lipinski definition) is 6. The Kier molecular flexibility index (Phi) is 26.2. The summed E-state index contributed by atoms with van der Waals surface area (Å²) in [5, 5.41) is 49.1. The number of aryl methyl sites for hydroxylation is 2. The number of hydrogen-bond acceptors (Lipinski definition) is 17. The fourth-order valence-electron chi connectivity index (χ4n) is 9.90. The van der Waals surface area contributed by atoms with E-state index >= 15 is 0 Å².